The Morgan fingerprint density at radius 1 is 1.53 bits per heavy atom. The number of anilines is 1. The molecule has 0 aromatic carbocycles. The molecule has 0 spiro atoms. The molecule has 0 aliphatic heterocycles. The van der Waals surface area contributed by atoms with Crippen molar-refractivity contribution in [2.45, 2.75) is 45.7 Å². The molecule has 0 radical (unpaired) electrons. The minimum Gasteiger partial charge on any atom is -0.345 e. The largest absolute Gasteiger partial charge is 0.345 e. The van der Waals surface area contributed by atoms with Gasteiger partial charge in [-0.1, -0.05) is 13.8 Å². The minimum absolute atomic E-state index is 0.766. The number of hydrogen-bond acceptors (Lipinski definition) is 4. The van der Waals surface area contributed by atoms with Gasteiger partial charge in [0, 0.05) is 30.2 Å². The van der Waals surface area contributed by atoms with Crippen molar-refractivity contribution < 1.29 is 0 Å². The Morgan fingerprint density at radius 3 is 2.88 bits per heavy atom. The van der Waals surface area contributed by atoms with Crippen LogP contribution in [0.5, 0.6) is 0 Å². The van der Waals surface area contributed by atoms with Crippen molar-refractivity contribution in [3.05, 3.63) is 11.1 Å². The summed E-state index contributed by atoms with van der Waals surface area (Å²) in [6.45, 7) is 6.67. The molecule has 0 atom stereocenters. The highest BCUT2D eigenvalue weighted by Crippen LogP contribution is 2.34. The van der Waals surface area contributed by atoms with Gasteiger partial charge in [-0.15, -0.1) is 11.3 Å². The van der Waals surface area contributed by atoms with Crippen LogP contribution in [0.1, 0.15) is 38.0 Å². The predicted octanol–water partition coefficient (Wildman–Crippen LogP) is 2.88. The molecule has 2 rings (SSSR count). The number of hydrogen-bond donors (Lipinski definition) is 1. The summed E-state index contributed by atoms with van der Waals surface area (Å²) in [6, 6.07) is 0.766. The maximum absolute atomic E-state index is 4.58. The van der Waals surface area contributed by atoms with Crippen LogP contribution in [-0.2, 0) is 6.54 Å². The van der Waals surface area contributed by atoms with Crippen molar-refractivity contribution in [2.24, 2.45) is 5.92 Å². The van der Waals surface area contributed by atoms with Crippen molar-refractivity contribution in [2.75, 3.05) is 18.5 Å². The molecule has 1 aliphatic carbocycles. The van der Waals surface area contributed by atoms with E-state index in [2.05, 4.69) is 29.0 Å². The van der Waals surface area contributed by atoms with Gasteiger partial charge in [0.2, 0.25) is 0 Å². The molecule has 0 saturated heterocycles. The zero-order valence-corrected chi connectivity index (χ0v) is 11.9. The number of thiazole rings is 1. The summed E-state index contributed by atoms with van der Waals surface area (Å²) in [7, 11) is 1.98. The van der Waals surface area contributed by atoms with Crippen molar-refractivity contribution in [3.8, 4) is 0 Å². The van der Waals surface area contributed by atoms with Gasteiger partial charge in [-0.25, -0.2) is 4.98 Å². The number of nitrogens with zero attached hydrogens (tertiary/aromatic N) is 2. The molecular formula is C13H23N3S. The highest BCUT2D eigenvalue weighted by molar-refractivity contribution is 7.15. The molecule has 3 nitrogen and oxygen atoms in total. The van der Waals surface area contributed by atoms with Gasteiger partial charge in [0.25, 0.3) is 0 Å². The van der Waals surface area contributed by atoms with Crippen molar-refractivity contribution >= 4 is 16.5 Å². The van der Waals surface area contributed by atoms with Crippen LogP contribution < -0.4 is 10.2 Å². The van der Waals surface area contributed by atoms with Crippen LogP contribution in [0.2, 0.25) is 0 Å². The Kier molecular flexibility index (Phi) is 4.40. The maximum atomic E-state index is 4.58. The third-order valence-corrected chi connectivity index (χ3v) is 4.11. The van der Waals surface area contributed by atoms with Crippen LogP contribution in [0.15, 0.2) is 6.20 Å². The summed E-state index contributed by atoms with van der Waals surface area (Å²) >= 11 is 1.84. The molecule has 1 saturated carbocycles. The first-order chi connectivity index (χ1) is 8.20. The van der Waals surface area contributed by atoms with E-state index in [1.807, 2.05) is 24.6 Å². The molecule has 1 heterocycles. The van der Waals surface area contributed by atoms with E-state index in [-0.39, 0.29) is 0 Å². The van der Waals surface area contributed by atoms with Crippen LogP contribution in [-0.4, -0.2) is 24.6 Å². The molecule has 17 heavy (non-hydrogen) atoms. The van der Waals surface area contributed by atoms with Crippen LogP contribution in [0.4, 0.5) is 5.13 Å². The summed E-state index contributed by atoms with van der Waals surface area (Å²) in [5.41, 5.74) is 0. The SMILES string of the molecule is CNCc1cnc(N(CCC(C)C)C2CC2)s1. The Morgan fingerprint density at radius 2 is 2.29 bits per heavy atom. The summed E-state index contributed by atoms with van der Waals surface area (Å²) < 4.78 is 0. The summed E-state index contributed by atoms with van der Waals surface area (Å²) in [5.74, 6) is 0.771. The van der Waals surface area contributed by atoms with Gasteiger partial charge in [-0.2, -0.15) is 0 Å². The van der Waals surface area contributed by atoms with E-state index in [1.54, 1.807) is 0 Å². The van der Waals surface area contributed by atoms with E-state index in [9.17, 15) is 0 Å². The molecule has 1 aliphatic rings. The molecule has 1 aromatic heterocycles. The number of rotatable bonds is 7. The Hall–Kier alpha value is -0.610. The van der Waals surface area contributed by atoms with Gasteiger partial charge < -0.3 is 10.2 Å². The van der Waals surface area contributed by atoms with Gasteiger partial charge in [0.1, 0.15) is 0 Å². The highest BCUT2D eigenvalue weighted by atomic mass is 32.1. The average molecular weight is 253 g/mol. The second kappa shape index (κ2) is 5.83. The number of nitrogens with one attached hydrogen (secondary N) is 1. The lowest BCUT2D eigenvalue weighted by Gasteiger charge is -2.22. The van der Waals surface area contributed by atoms with Crippen molar-refractivity contribution in [1.29, 1.82) is 0 Å². The standard InChI is InChI=1S/C13H23N3S/c1-10(2)6-7-16(11-4-5-11)13-15-9-12(17-13)8-14-3/h9-11,14H,4-8H2,1-3H3. The quantitative estimate of drug-likeness (QED) is 0.810. The monoisotopic (exact) mass is 253 g/mol. The normalized spacial score (nSPS) is 15.5. The lowest BCUT2D eigenvalue weighted by molar-refractivity contribution is 0.570. The molecule has 1 N–H and O–H groups in total. The molecular weight excluding hydrogens is 230 g/mol. The second-order valence-corrected chi connectivity index (χ2v) is 6.34. The van der Waals surface area contributed by atoms with Crippen molar-refractivity contribution in [3.63, 3.8) is 0 Å². The zero-order valence-electron chi connectivity index (χ0n) is 11.1. The minimum atomic E-state index is 0.766. The molecule has 4 heteroatoms. The topological polar surface area (TPSA) is 28.2 Å². The Balaban J connectivity index is 1.98. The van der Waals surface area contributed by atoms with E-state index < -0.39 is 0 Å². The summed E-state index contributed by atoms with van der Waals surface area (Å²) in [4.78, 5) is 8.43. The maximum Gasteiger partial charge on any atom is 0.185 e. The fourth-order valence-electron chi connectivity index (χ4n) is 1.90. The van der Waals surface area contributed by atoms with E-state index in [0.717, 1.165) is 25.0 Å². The van der Waals surface area contributed by atoms with Gasteiger partial charge in [-0.3, -0.25) is 0 Å². The first-order valence-electron chi connectivity index (χ1n) is 6.56. The van der Waals surface area contributed by atoms with Crippen molar-refractivity contribution in [1.82, 2.24) is 10.3 Å². The van der Waals surface area contributed by atoms with Crippen LogP contribution in [0.3, 0.4) is 0 Å². The van der Waals surface area contributed by atoms with Gasteiger partial charge >= 0.3 is 0 Å². The summed E-state index contributed by atoms with van der Waals surface area (Å²) in [5, 5.41) is 4.40. The molecule has 0 unspecified atom stereocenters. The summed E-state index contributed by atoms with van der Waals surface area (Å²) in [6.07, 6.45) is 5.97. The molecule has 1 fully saturated rings. The highest BCUT2D eigenvalue weighted by Gasteiger charge is 2.30. The van der Waals surface area contributed by atoms with E-state index in [4.69, 9.17) is 0 Å². The first-order valence-corrected chi connectivity index (χ1v) is 7.38. The van der Waals surface area contributed by atoms with Gasteiger partial charge in [0.15, 0.2) is 5.13 Å². The molecule has 0 amide bonds. The van der Waals surface area contributed by atoms with Crippen LogP contribution >= 0.6 is 11.3 Å². The molecule has 96 valence electrons. The van der Waals surface area contributed by atoms with Gasteiger partial charge in [0.05, 0.1) is 0 Å². The van der Waals surface area contributed by atoms with Gasteiger partial charge in [-0.05, 0) is 32.2 Å². The van der Waals surface area contributed by atoms with Crippen LogP contribution in [0.25, 0.3) is 0 Å². The Labute approximate surface area is 108 Å². The lowest BCUT2D eigenvalue weighted by atomic mass is 10.1. The van der Waals surface area contributed by atoms with E-state index >= 15 is 0 Å². The fourth-order valence-corrected chi connectivity index (χ4v) is 2.92. The smallest absolute Gasteiger partial charge is 0.185 e. The third kappa shape index (κ3) is 3.68. The predicted molar refractivity (Wildman–Crippen MR) is 74.7 cm³/mol. The molecule has 0 bridgehead atoms. The first kappa shape index (κ1) is 12.8. The average Bonchev–Trinajstić information content (AvgIpc) is 3.00. The lowest BCUT2D eigenvalue weighted by Crippen LogP contribution is -2.27. The van der Waals surface area contributed by atoms with Crippen LogP contribution in [0, 0.1) is 5.92 Å². The second-order valence-electron chi connectivity index (χ2n) is 5.25. The van der Waals surface area contributed by atoms with E-state index in [1.165, 1.54) is 29.3 Å². The fraction of sp³-hybridized carbons (Fsp3) is 0.769. The van der Waals surface area contributed by atoms with E-state index in [0.29, 0.717) is 0 Å². The number of aromatic nitrogens is 1. The molecule has 1 aromatic rings. The zero-order chi connectivity index (χ0) is 12.3. The third-order valence-electron chi connectivity index (χ3n) is 3.07. The Bertz CT molecular complexity index is 344.